The zero-order valence-corrected chi connectivity index (χ0v) is 15.2. The Kier molecular flexibility index (Phi) is 5.90. The summed E-state index contributed by atoms with van der Waals surface area (Å²) in [4.78, 5) is 14.7. The lowest BCUT2D eigenvalue weighted by Crippen LogP contribution is -2.46. The van der Waals surface area contributed by atoms with E-state index in [0.717, 1.165) is 25.1 Å². The lowest BCUT2D eigenvalue weighted by molar-refractivity contribution is -0.125. The van der Waals surface area contributed by atoms with Crippen LogP contribution < -0.4 is 5.32 Å². The molecule has 0 spiro atoms. The van der Waals surface area contributed by atoms with E-state index in [2.05, 4.69) is 40.6 Å². The van der Waals surface area contributed by atoms with Crippen molar-refractivity contribution in [3.05, 3.63) is 76.8 Å². The Bertz CT molecular complexity index is 758. The molecule has 2 aromatic carbocycles. The van der Waals surface area contributed by atoms with Gasteiger partial charge in [-0.1, -0.05) is 66.2 Å². The van der Waals surface area contributed by atoms with E-state index in [0.29, 0.717) is 11.6 Å². The van der Waals surface area contributed by atoms with Gasteiger partial charge < -0.3 is 5.32 Å². The van der Waals surface area contributed by atoms with Crippen molar-refractivity contribution in [2.75, 3.05) is 13.1 Å². The van der Waals surface area contributed by atoms with Crippen LogP contribution in [-0.4, -0.2) is 29.9 Å². The molecule has 1 N–H and O–H groups in total. The van der Waals surface area contributed by atoms with E-state index in [1.807, 2.05) is 37.3 Å². The maximum atomic E-state index is 12.5. The van der Waals surface area contributed by atoms with Crippen LogP contribution in [0.15, 0.2) is 60.7 Å². The van der Waals surface area contributed by atoms with Gasteiger partial charge in [0.15, 0.2) is 0 Å². The molecule has 0 unspecified atom stereocenters. The van der Waals surface area contributed by atoms with Crippen molar-refractivity contribution in [2.45, 2.75) is 25.9 Å². The van der Waals surface area contributed by atoms with E-state index in [9.17, 15) is 4.79 Å². The molecule has 0 radical (unpaired) electrons. The number of hydrogen-bond donors (Lipinski definition) is 1. The van der Waals surface area contributed by atoms with Crippen molar-refractivity contribution < 1.29 is 4.79 Å². The van der Waals surface area contributed by atoms with Crippen LogP contribution in [0.5, 0.6) is 0 Å². The molecule has 4 heteroatoms. The summed E-state index contributed by atoms with van der Waals surface area (Å²) in [5.41, 5.74) is 3.58. The molecule has 1 heterocycles. The van der Waals surface area contributed by atoms with Crippen LogP contribution in [0.25, 0.3) is 5.57 Å². The molecule has 1 aliphatic rings. The van der Waals surface area contributed by atoms with Crippen molar-refractivity contribution in [2.24, 2.45) is 0 Å². The lowest BCUT2D eigenvalue weighted by Gasteiger charge is -2.31. The number of amides is 1. The van der Waals surface area contributed by atoms with Crippen molar-refractivity contribution in [1.82, 2.24) is 10.2 Å². The summed E-state index contributed by atoms with van der Waals surface area (Å²) in [7, 11) is 0. The molecule has 3 rings (SSSR count). The Labute approximate surface area is 154 Å². The van der Waals surface area contributed by atoms with Crippen LogP contribution in [0.2, 0.25) is 5.02 Å². The third kappa shape index (κ3) is 4.50. The molecule has 1 amide bonds. The van der Waals surface area contributed by atoms with Gasteiger partial charge in [-0.25, -0.2) is 0 Å². The molecule has 0 aliphatic carbocycles. The highest BCUT2D eigenvalue weighted by molar-refractivity contribution is 6.31. The molecule has 1 atom stereocenters. The fourth-order valence-corrected chi connectivity index (χ4v) is 3.29. The third-order valence-corrected chi connectivity index (χ3v) is 5.09. The van der Waals surface area contributed by atoms with Gasteiger partial charge in [-0.2, -0.15) is 0 Å². The summed E-state index contributed by atoms with van der Waals surface area (Å²) in [6.45, 7) is 4.11. The molecule has 0 saturated carbocycles. The third-order valence-electron chi connectivity index (χ3n) is 4.72. The summed E-state index contributed by atoms with van der Waals surface area (Å²) < 4.78 is 0. The Morgan fingerprint density at radius 1 is 1.16 bits per heavy atom. The van der Waals surface area contributed by atoms with Crippen LogP contribution in [0.4, 0.5) is 0 Å². The van der Waals surface area contributed by atoms with Crippen LogP contribution in [0, 0.1) is 0 Å². The molecular formula is C21H23ClN2O. The second kappa shape index (κ2) is 8.32. The zero-order valence-electron chi connectivity index (χ0n) is 14.4. The van der Waals surface area contributed by atoms with E-state index >= 15 is 0 Å². The largest absolute Gasteiger partial charge is 0.351 e. The first-order valence-electron chi connectivity index (χ1n) is 8.65. The molecule has 130 valence electrons. The Balaban J connectivity index is 1.55. The van der Waals surface area contributed by atoms with E-state index in [1.165, 1.54) is 11.1 Å². The average Bonchev–Trinajstić information content (AvgIpc) is 2.67. The molecule has 2 aromatic rings. The highest BCUT2D eigenvalue weighted by Crippen LogP contribution is 2.23. The molecule has 0 aromatic heterocycles. The number of nitrogens with one attached hydrogen (secondary N) is 1. The number of carbonyl (C=O) groups excluding carboxylic acids is 1. The standard InChI is InChI=1S/C21H23ClN2O/c1-16(21(25)23-15-19-9-5-6-10-20(19)22)24-13-11-18(12-14-24)17-7-3-2-4-8-17/h2-11,16H,12-15H2,1H3,(H,23,25)/t16-/m1/s1. The van der Waals surface area contributed by atoms with Crippen molar-refractivity contribution >= 4 is 23.1 Å². The van der Waals surface area contributed by atoms with Gasteiger partial charge in [0.05, 0.1) is 6.04 Å². The molecular weight excluding hydrogens is 332 g/mol. The van der Waals surface area contributed by atoms with Gasteiger partial charge in [0.25, 0.3) is 0 Å². The quantitative estimate of drug-likeness (QED) is 0.875. The van der Waals surface area contributed by atoms with E-state index in [1.54, 1.807) is 0 Å². The van der Waals surface area contributed by atoms with Crippen LogP contribution in [0.1, 0.15) is 24.5 Å². The number of halogens is 1. The summed E-state index contributed by atoms with van der Waals surface area (Å²) in [6.07, 6.45) is 3.20. The number of hydrogen-bond acceptors (Lipinski definition) is 2. The van der Waals surface area contributed by atoms with Gasteiger partial charge in [0.2, 0.25) is 5.91 Å². The summed E-state index contributed by atoms with van der Waals surface area (Å²) in [6, 6.07) is 17.9. The van der Waals surface area contributed by atoms with Gasteiger partial charge in [-0.05, 0) is 36.1 Å². The van der Waals surface area contributed by atoms with Crippen LogP contribution in [0.3, 0.4) is 0 Å². The van der Waals surface area contributed by atoms with Crippen LogP contribution in [-0.2, 0) is 11.3 Å². The second-order valence-electron chi connectivity index (χ2n) is 6.33. The Morgan fingerprint density at radius 3 is 2.56 bits per heavy atom. The highest BCUT2D eigenvalue weighted by atomic mass is 35.5. The predicted octanol–water partition coefficient (Wildman–Crippen LogP) is 4.13. The average molecular weight is 355 g/mol. The summed E-state index contributed by atoms with van der Waals surface area (Å²) >= 11 is 6.14. The molecule has 0 saturated heterocycles. The number of rotatable bonds is 5. The minimum Gasteiger partial charge on any atom is -0.351 e. The first-order valence-corrected chi connectivity index (χ1v) is 9.02. The van der Waals surface area contributed by atoms with E-state index in [4.69, 9.17) is 11.6 Å². The minimum atomic E-state index is -0.156. The lowest BCUT2D eigenvalue weighted by atomic mass is 9.99. The maximum absolute atomic E-state index is 12.5. The second-order valence-corrected chi connectivity index (χ2v) is 6.73. The topological polar surface area (TPSA) is 32.3 Å². The SMILES string of the molecule is C[C@H](C(=O)NCc1ccccc1Cl)N1CC=C(c2ccccc2)CC1. The summed E-state index contributed by atoms with van der Waals surface area (Å²) in [5.74, 6) is 0.0384. The molecule has 25 heavy (non-hydrogen) atoms. The van der Waals surface area contributed by atoms with Gasteiger partial charge in [-0.15, -0.1) is 0 Å². The highest BCUT2D eigenvalue weighted by Gasteiger charge is 2.23. The molecule has 3 nitrogen and oxygen atoms in total. The number of carbonyl (C=O) groups is 1. The van der Waals surface area contributed by atoms with Gasteiger partial charge >= 0.3 is 0 Å². The monoisotopic (exact) mass is 354 g/mol. The fourth-order valence-electron chi connectivity index (χ4n) is 3.09. The van der Waals surface area contributed by atoms with Crippen LogP contribution >= 0.6 is 11.6 Å². The number of nitrogens with zero attached hydrogens (tertiary/aromatic N) is 1. The van der Waals surface area contributed by atoms with Crippen molar-refractivity contribution in [1.29, 1.82) is 0 Å². The van der Waals surface area contributed by atoms with Gasteiger partial charge in [0, 0.05) is 24.7 Å². The van der Waals surface area contributed by atoms with E-state index < -0.39 is 0 Å². The molecule has 0 bridgehead atoms. The molecule has 1 aliphatic heterocycles. The molecule has 0 fully saturated rings. The zero-order chi connectivity index (χ0) is 17.6. The fraction of sp³-hybridized carbons (Fsp3) is 0.286. The predicted molar refractivity (Wildman–Crippen MR) is 103 cm³/mol. The first-order chi connectivity index (χ1) is 12.1. The minimum absolute atomic E-state index is 0.0384. The van der Waals surface area contributed by atoms with Gasteiger partial charge in [-0.3, -0.25) is 9.69 Å². The normalized spacial score (nSPS) is 16.2. The van der Waals surface area contributed by atoms with Gasteiger partial charge in [0.1, 0.15) is 0 Å². The Hall–Kier alpha value is -2.10. The Morgan fingerprint density at radius 2 is 1.88 bits per heavy atom. The summed E-state index contributed by atoms with van der Waals surface area (Å²) in [5, 5.41) is 3.68. The smallest absolute Gasteiger partial charge is 0.237 e. The first kappa shape index (κ1) is 17.7. The van der Waals surface area contributed by atoms with E-state index in [-0.39, 0.29) is 11.9 Å². The van der Waals surface area contributed by atoms with Crippen molar-refractivity contribution in [3.63, 3.8) is 0 Å². The maximum Gasteiger partial charge on any atom is 0.237 e. The number of benzene rings is 2. The van der Waals surface area contributed by atoms with Crippen molar-refractivity contribution in [3.8, 4) is 0 Å².